The molecule has 4 nitrogen and oxygen atoms in total. The minimum absolute atomic E-state index is 0.292. The van der Waals surface area contributed by atoms with Crippen molar-refractivity contribution in [3.63, 3.8) is 0 Å². The van der Waals surface area contributed by atoms with Crippen LogP contribution in [0.3, 0.4) is 0 Å². The first-order valence-corrected chi connectivity index (χ1v) is 7.49. The lowest BCUT2D eigenvalue weighted by atomic mass is 10.0. The smallest absolute Gasteiger partial charge is 0.154 e. The lowest BCUT2D eigenvalue weighted by Crippen LogP contribution is -2.27. The van der Waals surface area contributed by atoms with E-state index in [9.17, 15) is 0 Å². The fourth-order valence-corrected chi connectivity index (χ4v) is 3.49. The van der Waals surface area contributed by atoms with Crippen LogP contribution in [-0.2, 0) is 12.8 Å². The Morgan fingerprint density at radius 2 is 2.15 bits per heavy atom. The summed E-state index contributed by atoms with van der Waals surface area (Å²) >= 11 is 0. The van der Waals surface area contributed by atoms with Gasteiger partial charge in [-0.05, 0) is 31.2 Å². The number of aromatic amines is 1. The van der Waals surface area contributed by atoms with E-state index in [-0.39, 0.29) is 0 Å². The lowest BCUT2D eigenvalue weighted by molar-refractivity contribution is 0.750. The van der Waals surface area contributed by atoms with E-state index in [0.29, 0.717) is 6.04 Å². The van der Waals surface area contributed by atoms with Crippen LogP contribution in [0.15, 0.2) is 24.3 Å². The topological polar surface area (TPSA) is 57.9 Å². The molecule has 20 heavy (non-hydrogen) atoms. The van der Waals surface area contributed by atoms with Gasteiger partial charge in [-0.3, -0.25) is 5.10 Å². The molecule has 2 heterocycles. The van der Waals surface area contributed by atoms with E-state index in [2.05, 4.69) is 39.4 Å². The molecule has 0 amide bonds. The molecule has 104 valence electrons. The number of rotatable bonds is 1. The molecule has 1 unspecified atom stereocenters. The molecule has 1 aromatic heterocycles. The Bertz CT molecular complexity index is 631. The highest BCUT2D eigenvalue weighted by atomic mass is 15.3. The Morgan fingerprint density at radius 1 is 1.25 bits per heavy atom. The highest BCUT2D eigenvalue weighted by molar-refractivity contribution is 5.73. The van der Waals surface area contributed by atoms with Gasteiger partial charge in [0.25, 0.3) is 0 Å². The molecule has 1 aliphatic carbocycles. The summed E-state index contributed by atoms with van der Waals surface area (Å²) in [6, 6.07) is 8.97. The Labute approximate surface area is 119 Å². The van der Waals surface area contributed by atoms with Crippen LogP contribution in [0, 0.1) is 0 Å². The monoisotopic (exact) mass is 268 g/mol. The molecule has 0 spiro atoms. The Hall–Kier alpha value is -1.81. The molecule has 1 fully saturated rings. The van der Waals surface area contributed by atoms with Crippen LogP contribution in [-0.4, -0.2) is 29.3 Å². The van der Waals surface area contributed by atoms with Crippen molar-refractivity contribution in [1.82, 2.24) is 10.2 Å². The highest BCUT2D eigenvalue weighted by Crippen LogP contribution is 2.36. The van der Waals surface area contributed by atoms with Gasteiger partial charge in [-0.25, -0.2) is 0 Å². The van der Waals surface area contributed by atoms with E-state index in [4.69, 9.17) is 5.73 Å². The molecule has 2 aromatic rings. The number of hydrogen-bond acceptors (Lipinski definition) is 3. The van der Waals surface area contributed by atoms with Gasteiger partial charge in [0.15, 0.2) is 5.82 Å². The molecular weight excluding hydrogens is 248 g/mol. The standard InChI is InChI=1S/C16H20N4/c17-12-8-9-20(10-12)16-14-7-3-5-11-4-1-2-6-13(11)15(14)18-19-16/h1-2,4,6,12H,3,5,7-10,17H2,(H,18,19). The predicted octanol–water partition coefficient (Wildman–Crippen LogP) is 2.10. The number of fused-ring (bicyclic) bond motifs is 3. The molecule has 1 saturated heterocycles. The first-order valence-electron chi connectivity index (χ1n) is 7.49. The number of nitrogens with one attached hydrogen (secondary N) is 1. The van der Waals surface area contributed by atoms with Crippen LogP contribution >= 0.6 is 0 Å². The molecule has 0 bridgehead atoms. The van der Waals surface area contributed by atoms with Crippen molar-refractivity contribution in [3.05, 3.63) is 35.4 Å². The molecular formula is C16H20N4. The van der Waals surface area contributed by atoms with Gasteiger partial charge in [-0.15, -0.1) is 0 Å². The summed E-state index contributed by atoms with van der Waals surface area (Å²) in [4.78, 5) is 2.34. The van der Waals surface area contributed by atoms with Crippen LogP contribution in [0.25, 0.3) is 11.3 Å². The summed E-state index contributed by atoms with van der Waals surface area (Å²) in [6.07, 6.45) is 4.51. The molecule has 1 aromatic carbocycles. The fourth-order valence-electron chi connectivity index (χ4n) is 3.49. The van der Waals surface area contributed by atoms with Crippen molar-refractivity contribution in [2.24, 2.45) is 5.73 Å². The van der Waals surface area contributed by atoms with Gasteiger partial charge in [-0.1, -0.05) is 24.3 Å². The molecule has 1 aliphatic heterocycles. The third-order valence-electron chi connectivity index (χ3n) is 4.53. The van der Waals surface area contributed by atoms with E-state index in [0.717, 1.165) is 38.2 Å². The number of aryl methyl sites for hydroxylation is 1. The average Bonchev–Trinajstić information content (AvgIpc) is 3.01. The first-order chi connectivity index (χ1) is 9.83. The van der Waals surface area contributed by atoms with Crippen LogP contribution in [0.2, 0.25) is 0 Å². The summed E-state index contributed by atoms with van der Waals surface area (Å²) in [5.41, 5.74) is 11.4. The zero-order valence-electron chi connectivity index (χ0n) is 11.6. The van der Waals surface area contributed by atoms with Crippen molar-refractivity contribution in [1.29, 1.82) is 0 Å². The molecule has 4 rings (SSSR count). The molecule has 0 saturated carbocycles. The van der Waals surface area contributed by atoms with Gasteiger partial charge in [0.2, 0.25) is 0 Å². The van der Waals surface area contributed by atoms with Crippen molar-refractivity contribution in [2.45, 2.75) is 31.7 Å². The maximum absolute atomic E-state index is 6.04. The average molecular weight is 268 g/mol. The summed E-state index contributed by atoms with van der Waals surface area (Å²) in [6.45, 7) is 1.96. The van der Waals surface area contributed by atoms with E-state index >= 15 is 0 Å². The van der Waals surface area contributed by atoms with Gasteiger partial charge in [-0.2, -0.15) is 5.10 Å². The minimum Gasteiger partial charge on any atom is -0.353 e. The highest BCUT2D eigenvalue weighted by Gasteiger charge is 2.27. The van der Waals surface area contributed by atoms with E-state index in [1.165, 1.54) is 28.8 Å². The number of anilines is 1. The first kappa shape index (κ1) is 12.0. The molecule has 1 atom stereocenters. The third kappa shape index (κ3) is 1.83. The Balaban J connectivity index is 1.79. The van der Waals surface area contributed by atoms with Gasteiger partial charge >= 0.3 is 0 Å². The van der Waals surface area contributed by atoms with Gasteiger partial charge < -0.3 is 10.6 Å². The number of H-pyrrole nitrogens is 1. The normalized spacial score (nSPS) is 21.4. The second-order valence-electron chi connectivity index (χ2n) is 5.91. The maximum Gasteiger partial charge on any atom is 0.154 e. The largest absolute Gasteiger partial charge is 0.353 e. The maximum atomic E-state index is 6.04. The number of hydrogen-bond donors (Lipinski definition) is 2. The van der Waals surface area contributed by atoms with Crippen LogP contribution in [0.4, 0.5) is 5.82 Å². The summed E-state index contributed by atoms with van der Waals surface area (Å²) < 4.78 is 0. The molecule has 4 heteroatoms. The zero-order valence-corrected chi connectivity index (χ0v) is 11.6. The Kier molecular flexibility index (Phi) is 2.77. The SMILES string of the molecule is NC1CCN(c2n[nH]c3c2CCCc2ccccc2-3)C1. The number of benzene rings is 1. The molecule has 2 aliphatic rings. The number of nitrogens with zero attached hydrogens (tertiary/aromatic N) is 2. The van der Waals surface area contributed by atoms with E-state index in [1.807, 2.05) is 0 Å². The number of aromatic nitrogens is 2. The quantitative estimate of drug-likeness (QED) is 0.832. The van der Waals surface area contributed by atoms with Crippen molar-refractivity contribution in [2.75, 3.05) is 18.0 Å². The molecule has 0 radical (unpaired) electrons. The van der Waals surface area contributed by atoms with Crippen molar-refractivity contribution >= 4 is 5.82 Å². The Morgan fingerprint density at radius 3 is 3.00 bits per heavy atom. The third-order valence-corrected chi connectivity index (χ3v) is 4.53. The van der Waals surface area contributed by atoms with Gasteiger partial charge in [0.1, 0.15) is 0 Å². The fraction of sp³-hybridized carbons (Fsp3) is 0.438. The van der Waals surface area contributed by atoms with E-state index < -0.39 is 0 Å². The summed E-state index contributed by atoms with van der Waals surface area (Å²) in [5, 5.41) is 7.88. The van der Waals surface area contributed by atoms with Crippen LogP contribution < -0.4 is 10.6 Å². The summed E-state index contributed by atoms with van der Waals surface area (Å²) in [7, 11) is 0. The predicted molar refractivity (Wildman–Crippen MR) is 80.9 cm³/mol. The van der Waals surface area contributed by atoms with Gasteiger partial charge in [0, 0.05) is 30.3 Å². The van der Waals surface area contributed by atoms with E-state index in [1.54, 1.807) is 0 Å². The number of nitrogens with two attached hydrogens (primary N) is 1. The second kappa shape index (κ2) is 4.63. The second-order valence-corrected chi connectivity index (χ2v) is 5.91. The van der Waals surface area contributed by atoms with Crippen molar-refractivity contribution < 1.29 is 0 Å². The van der Waals surface area contributed by atoms with Crippen LogP contribution in [0.5, 0.6) is 0 Å². The minimum atomic E-state index is 0.292. The lowest BCUT2D eigenvalue weighted by Gasteiger charge is -2.16. The van der Waals surface area contributed by atoms with Crippen molar-refractivity contribution in [3.8, 4) is 11.3 Å². The molecule has 3 N–H and O–H groups in total. The summed E-state index contributed by atoms with van der Waals surface area (Å²) in [5.74, 6) is 1.13. The van der Waals surface area contributed by atoms with Gasteiger partial charge in [0.05, 0.1) is 5.69 Å². The van der Waals surface area contributed by atoms with Crippen LogP contribution in [0.1, 0.15) is 24.0 Å². The zero-order chi connectivity index (χ0) is 13.5.